The fourth-order valence-electron chi connectivity index (χ4n) is 1.01. The molecule has 0 aliphatic heterocycles. The highest BCUT2D eigenvalue weighted by atomic mass is 16.5. The average Bonchev–Trinajstić information content (AvgIpc) is 2.41. The molecule has 70 valence electrons. The van der Waals surface area contributed by atoms with E-state index in [4.69, 9.17) is 0 Å². The van der Waals surface area contributed by atoms with Gasteiger partial charge in [0.2, 0.25) is 0 Å². The van der Waals surface area contributed by atoms with Crippen LogP contribution >= 0.6 is 0 Å². The zero-order valence-electron chi connectivity index (χ0n) is 7.94. The predicted octanol–water partition coefficient (Wildman–Crippen LogP) is 0.915. The molecule has 0 atom stereocenters. The van der Waals surface area contributed by atoms with Gasteiger partial charge in [-0.15, -0.1) is 0 Å². The molecule has 1 aromatic heterocycles. The molecule has 0 saturated heterocycles. The maximum atomic E-state index is 10.8. The number of esters is 1. The third-order valence-corrected chi connectivity index (χ3v) is 1.65. The smallest absolute Gasteiger partial charge is 0.330 e. The molecule has 1 aromatic rings. The Balaban J connectivity index is 2.79. The van der Waals surface area contributed by atoms with Gasteiger partial charge in [0.1, 0.15) is 0 Å². The van der Waals surface area contributed by atoms with E-state index in [9.17, 15) is 4.79 Å². The van der Waals surface area contributed by atoms with Gasteiger partial charge < -0.3 is 4.74 Å². The molecule has 0 spiro atoms. The molecule has 0 amide bonds. The van der Waals surface area contributed by atoms with Crippen LogP contribution < -0.4 is 0 Å². The zero-order chi connectivity index (χ0) is 9.84. The highest BCUT2D eigenvalue weighted by molar-refractivity contribution is 5.87. The van der Waals surface area contributed by atoms with E-state index in [0.717, 1.165) is 11.3 Å². The normalized spacial score (nSPS) is 10.7. The topological polar surface area (TPSA) is 44.1 Å². The van der Waals surface area contributed by atoms with Crippen molar-refractivity contribution in [3.63, 3.8) is 0 Å². The van der Waals surface area contributed by atoms with Gasteiger partial charge in [-0.25, -0.2) is 4.79 Å². The summed E-state index contributed by atoms with van der Waals surface area (Å²) in [7, 11) is 3.19. The molecule has 0 aliphatic rings. The summed E-state index contributed by atoms with van der Waals surface area (Å²) in [4.78, 5) is 10.8. The van der Waals surface area contributed by atoms with Gasteiger partial charge in [-0.2, -0.15) is 5.10 Å². The van der Waals surface area contributed by atoms with Crippen LogP contribution in [0.25, 0.3) is 6.08 Å². The molecular weight excluding hydrogens is 168 g/mol. The second-order valence-electron chi connectivity index (χ2n) is 2.70. The van der Waals surface area contributed by atoms with Crippen molar-refractivity contribution in [2.45, 2.75) is 6.92 Å². The van der Waals surface area contributed by atoms with E-state index in [1.165, 1.54) is 13.2 Å². The third kappa shape index (κ3) is 2.43. The lowest BCUT2D eigenvalue weighted by molar-refractivity contribution is -0.134. The van der Waals surface area contributed by atoms with Gasteiger partial charge in [0.05, 0.1) is 12.8 Å². The second kappa shape index (κ2) is 3.89. The molecule has 0 N–H and O–H groups in total. The van der Waals surface area contributed by atoms with Gasteiger partial charge in [-0.3, -0.25) is 4.68 Å². The Labute approximate surface area is 76.8 Å². The predicted molar refractivity (Wildman–Crippen MR) is 49.0 cm³/mol. The monoisotopic (exact) mass is 180 g/mol. The van der Waals surface area contributed by atoms with Crippen LogP contribution in [0.3, 0.4) is 0 Å². The molecule has 1 rings (SSSR count). The summed E-state index contributed by atoms with van der Waals surface area (Å²) in [5.41, 5.74) is 1.82. The van der Waals surface area contributed by atoms with Crippen LogP contribution in [0, 0.1) is 6.92 Å². The highest BCUT2D eigenvalue weighted by Crippen LogP contribution is 2.06. The largest absolute Gasteiger partial charge is 0.466 e. The fourth-order valence-corrected chi connectivity index (χ4v) is 1.01. The van der Waals surface area contributed by atoms with Crippen molar-refractivity contribution in [1.82, 2.24) is 9.78 Å². The van der Waals surface area contributed by atoms with Crippen molar-refractivity contribution in [3.8, 4) is 0 Å². The van der Waals surface area contributed by atoms with Crippen molar-refractivity contribution in [3.05, 3.63) is 23.5 Å². The number of nitrogens with zero attached hydrogens (tertiary/aromatic N) is 2. The number of aryl methyl sites for hydroxylation is 2. The number of hydrogen-bond donors (Lipinski definition) is 0. The molecule has 0 aromatic carbocycles. The number of carbonyl (C=O) groups excluding carboxylic acids is 1. The van der Waals surface area contributed by atoms with Gasteiger partial charge in [0.25, 0.3) is 0 Å². The van der Waals surface area contributed by atoms with Crippen LogP contribution in [0.1, 0.15) is 11.3 Å². The summed E-state index contributed by atoms with van der Waals surface area (Å²) in [6, 6.07) is 0. The Morgan fingerprint density at radius 3 is 2.85 bits per heavy atom. The molecule has 0 unspecified atom stereocenters. The number of carbonyl (C=O) groups is 1. The summed E-state index contributed by atoms with van der Waals surface area (Å²) in [5.74, 6) is -0.358. The minimum absolute atomic E-state index is 0.358. The maximum absolute atomic E-state index is 10.8. The molecule has 0 saturated carbocycles. The van der Waals surface area contributed by atoms with Gasteiger partial charge in [-0.05, 0) is 13.0 Å². The molecule has 0 bridgehead atoms. The number of ether oxygens (including phenoxy) is 1. The lowest BCUT2D eigenvalue weighted by Crippen LogP contribution is -1.93. The Bertz CT molecular complexity index is 339. The fraction of sp³-hybridized carbons (Fsp3) is 0.333. The van der Waals surface area contributed by atoms with E-state index in [2.05, 4.69) is 9.84 Å². The minimum Gasteiger partial charge on any atom is -0.466 e. The molecule has 0 radical (unpaired) electrons. The quantitative estimate of drug-likeness (QED) is 0.502. The van der Waals surface area contributed by atoms with Crippen LogP contribution in [0.15, 0.2) is 12.3 Å². The van der Waals surface area contributed by atoms with Gasteiger partial charge in [-0.1, -0.05) is 0 Å². The first kappa shape index (κ1) is 9.51. The molecule has 0 aliphatic carbocycles. The number of rotatable bonds is 2. The van der Waals surface area contributed by atoms with Crippen LogP contribution in [-0.4, -0.2) is 22.9 Å². The minimum atomic E-state index is -0.358. The van der Waals surface area contributed by atoms with E-state index in [1.807, 2.05) is 20.2 Å². The summed E-state index contributed by atoms with van der Waals surface area (Å²) >= 11 is 0. The third-order valence-electron chi connectivity index (χ3n) is 1.65. The zero-order valence-corrected chi connectivity index (χ0v) is 7.94. The molecular formula is C9H12N2O2. The van der Waals surface area contributed by atoms with Crippen LogP contribution in [-0.2, 0) is 16.6 Å². The lowest BCUT2D eigenvalue weighted by atomic mass is 10.2. The number of hydrogen-bond acceptors (Lipinski definition) is 3. The summed E-state index contributed by atoms with van der Waals surface area (Å²) < 4.78 is 6.17. The van der Waals surface area contributed by atoms with Crippen molar-refractivity contribution in [1.29, 1.82) is 0 Å². The Kier molecular flexibility index (Phi) is 2.84. The first-order valence-corrected chi connectivity index (χ1v) is 3.89. The van der Waals surface area contributed by atoms with Gasteiger partial charge in [0, 0.05) is 24.9 Å². The molecule has 4 nitrogen and oxygen atoms in total. The van der Waals surface area contributed by atoms with Gasteiger partial charge in [0.15, 0.2) is 0 Å². The molecule has 1 heterocycles. The Hall–Kier alpha value is -1.58. The Morgan fingerprint density at radius 1 is 1.69 bits per heavy atom. The van der Waals surface area contributed by atoms with E-state index in [1.54, 1.807) is 10.8 Å². The van der Waals surface area contributed by atoms with Crippen molar-refractivity contribution in [2.24, 2.45) is 7.05 Å². The Morgan fingerprint density at radius 2 is 2.38 bits per heavy atom. The molecule has 0 fully saturated rings. The average molecular weight is 180 g/mol. The number of methoxy groups -OCH3 is 1. The van der Waals surface area contributed by atoms with Crippen molar-refractivity contribution < 1.29 is 9.53 Å². The van der Waals surface area contributed by atoms with Crippen molar-refractivity contribution in [2.75, 3.05) is 7.11 Å². The summed E-state index contributed by atoms with van der Waals surface area (Å²) in [6.07, 6.45) is 4.91. The van der Waals surface area contributed by atoms with E-state index < -0.39 is 0 Å². The van der Waals surface area contributed by atoms with Gasteiger partial charge >= 0.3 is 5.97 Å². The molecule has 13 heavy (non-hydrogen) atoms. The lowest BCUT2D eigenvalue weighted by Gasteiger charge is -1.89. The van der Waals surface area contributed by atoms with E-state index >= 15 is 0 Å². The van der Waals surface area contributed by atoms with Crippen LogP contribution in [0.4, 0.5) is 0 Å². The first-order valence-electron chi connectivity index (χ1n) is 3.89. The van der Waals surface area contributed by atoms with E-state index in [-0.39, 0.29) is 5.97 Å². The van der Waals surface area contributed by atoms with Crippen molar-refractivity contribution >= 4 is 12.0 Å². The van der Waals surface area contributed by atoms with E-state index in [0.29, 0.717) is 0 Å². The SMILES string of the molecule is COC(=O)C=Cc1cn(C)nc1C. The highest BCUT2D eigenvalue weighted by Gasteiger charge is 1.99. The second-order valence-corrected chi connectivity index (χ2v) is 2.70. The number of aromatic nitrogens is 2. The standard InChI is InChI=1S/C9H12N2O2/c1-7-8(6-11(2)10-7)4-5-9(12)13-3/h4-6H,1-3H3. The first-order chi connectivity index (χ1) is 6.13. The maximum Gasteiger partial charge on any atom is 0.330 e. The van der Waals surface area contributed by atoms with Crippen LogP contribution in [0.2, 0.25) is 0 Å². The summed E-state index contributed by atoms with van der Waals surface area (Å²) in [5, 5.41) is 4.13. The summed E-state index contributed by atoms with van der Waals surface area (Å²) in [6.45, 7) is 1.89. The molecule has 4 heteroatoms. The van der Waals surface area contributed by atoms with Crippen LogP contribution in [0.5, 0.6) is 0 Å².